The van der Waals surface area contributed by atoms with Crippen LogP contribution in [0.5, 0.6) is 0 Å². The van der Waals surface area contributed by atoms with Crippen molar-refractivity contribution in [1.82, 2.24) is 0 Å². The maximum absolute atomic E-state index is 0. The average molecular weight is 606 g/mol. The van der Waals surface area contributed by atoms with Crippen LogP contribution in [-0.4, -0.2) is 0 Å². The zero-order chi connectivity index (χ0) is 0. The Morgan fingerprint density at radius 3 is 0.750 bits per heavy atom. The van der Waals surface area contributed by atoms with Gasteiger partial charge >= 0.3 is 22.4 Å². The first-order chi connectivity index (χ1) is 0. The molecule has 0 saturated heterocycles. The number of rotatable bonds is 0. The second kappa shape index (κ2) is 18.9. The molecule has 0 atom stereocenters. The molecule has 40 valence electrons. The van der Waals surface area contributed by atoms with Gasteiger partial charge in [0.05, 0.1) is 0 Å². The fraction of sp³-hybridized carbons (Fsp3) is 0. The number of hydrogen-bond acceptors (Lipinski definition) is 0. The summed E-state index contributed by atoms with van der Waals surface area (Å²) in [4.78, 5) is 0. The summed E-state index contributed by atoms with van der Waals surface area (Å²) >= 11 is 0. The normalized spacial score (nSPS) is 0. The van der Waals surface area contributed by atoms with Crippen molar-refractivity contribution in [2.75, 3.05) is 0 Å². The Bertz CT molecular complexity index is 3.25. The van der Waals surface area contributed by atoms with Crippen molar-refractivity contribution in [2.45, 2.75) is 0 Å². The Morgan fingerprint density at radius 2 is 0.750 bits per heavy atom. The monoisotopic (exact) mass is 606 g/mol. The van der Waals surface area contributed by atoms with Crippen LogP contribution in [0.1, 0.15) is 0 Å². The largest absolute Gasteiger partial charge is 1.00 e. The van der Waals surface area contributed by atoms with E-state index in [1.165, 1.54) is 0 Å². The third kappa shape index (κ3) is 8.88. The minimum Gasteiger partial charge on any atom is -0.358 e. The molecule has 0 aliphatic rings. The van der Waals surface area contributed by atoms with Crippen LogP contribution in [0.2, 0.25) is 0 Å². The van der Waals surface area contributed by atoms with Crippen LogP contribution in [0, 0.1) is 7.43 Å². The summed E-state index contributed by atoms with van der Waals surface area (Å²) in [7, 11) is 0. The van der Waals surface area contributed by atoms with Crippen molar-refractivity contribution in [2.24, 2.45) is 0 Å². The van der Waals surface area contributed by atoms with E-state index in [4.69, 9.17) is 0 Å². The summed E-state index contributed by atoms with van der Waals surface area (Å²) in [5.74, 6) is 0. The van der Waals surface area contributed by atoms with E-state index in [9.17, 15) is 0 Å². The maximum atomic E-state index is 0. The van der Waals surface area contributed by atoms with Crippen LogP contribution in [0.15, 0.2) is 0 Å². The molecule has 0 amide bonds. The average Bonchev–Trinajstić information content (AvgIpc) is 0. The topological polar surface area (TPSA) is 0 Å². The van der Waals surface area contributed by atoms with E-state index >= 15 is 0 Å². The zero-order valence-corrected chi connectivity index (χ0v) is 8.40. The molecule has 0 nitrogen and oxygen atoms in total. The first-order valence-electron chi connectivity index (χ1n) is 0. The molecule has 0 spiro atoms. The number of hydrogen-bond donors (Lipinski definition) is 0. The van der Waals surface area contributed by atoms with Gasteiger partial charge in [-0.1, -0.05) is 0 Å². The summed E-state index contributed by atoms with van der Waals surface area (Å²) in [6.45, 7) is 0. The van der Waals surface area contributed by atoms with Gasteiger partial charge in [0.25, 0.3) is 0 Å². The molecule has 4 heavy (non-hydrogen) atoms. The van der Waals surface area contributed by atoms with Crippen LogP contribution in [-0.2, 0) is 67.1 Å². The van der Waals surface area contributed by atoms with Crippen LogP contribution in [0.3, 0.4) is 0 Å². The molecule has 0 rings (SSSR count). The van der Waals surface area contributed by atoms with Gasteiger partial charge in [0.15, 0.2) is 0 Å². The van der Waals surface area contributed by atoms with Crippen molar-refractivity contribution in [1.29, 1.82) is 0 Å². The van der Waals surface area contributed by atoms with Crippen LogP contribution in [0.25, 0.3) is 0 Å². The standard InChI is InChI=1S/CH3.3Au/h1H3;;;/q-1;;;+1. The Kier molecular flexibility index (Phi) is 162. The van der Waals surface area contributed by atoms with Crippen molar-refractivity contribution in [3.8, 4) is 0 Å². The van der Waals surface area contributed by atoms with Gasteiger partial charge in [-0.15, -0.1) is 0 Å². The predicted molar refractivity (Wildman–Crippen MR) is 6.41 cm³/mol. The SMILES string of the molecule is [Au+].[Au].[Au].[CH3-]. The van der Waals surface area contributed by atoms with E-state index in [-0.39, 0.29) is 74.6 Å². The minimum atomic E-state index is 0. The van der Waals surface area contributed by atoms with Crippen molar-refractivity contribution < 1.29 is 67.1 Å². The fourth-order valence-electron chi connectivity index (χ4n) is 0. The molecule has 0 bridgehead atoms. The molecule has 0 aromatic rings. The third-order valence-electron chi connectivity index (χ3n) is 0. The quantitative estimate of drug-likeness (QED) is 0.278. The van der Waals surface area contributed by atoms with E-state index in [1.807, 2.05) is 0 Å². The van der Waals surface area contributed by atoms with Gasteiger partial charge in [-0.3, -0.25) is 0 Å². The van der Waals surface area contributed by atoms with Crippen molar-refractivity contribution in [3.05, 3.63) is 7.43 Å². The summed E-state index contributed by atoms with van der Waals surface area (Å²) in [6.07, 6.45) is 0. The van der Waals surface area contributed by atoms with Crippen molar-refractivity contribution >= 4 is 0 Å². The van der Waals surface area contributed by atoms with Crippen LogP contribution in [0.4, 0.5) is 0 Å². The van der Waals surface area contributed by atoms with Gasteiger partial charge in [-0.25, -0.2) is 0 Å². The minimum absolute atomic E-state index is 0. The summed E-state index contributed by atoms with van der Waals surface area (Å²) in [5.41, 5.74) is 0. The Hall–Kier alpha value is 2.22. The Labute approximate surface area is 73.6 Å². The van der Waals surface area contributed by atoms with Gasteiger partial charge in [0.1, 0.15) is 0 Å². The molecule has 3 heteroatoms. The van der Waals surface area contributed by atoms with Gasteiger partial charge in [0, 0.05) is 44.8 Å². The smallest absolute Gasteiger partial charge is 0.358 e. The van der Waals surface area contributed by atoms with Gasteiger partial charge in [-0.05, 0) is 0 Å². The molecular formula is CH3Au3. The summed E-state index contributed by atoms with van der Waals surface area (Å²) in [5, 5.41) is 0. The van der Waals surface area contributed by atoms with Crippen molar-refractivity contribution in [3.63, 3.8) is 0 Å². The van der Waals surface area contributed by atoms with Gasteiger partial charge in [0.2, 0.25) is 0 Å². The molecule has 0 saturated carbocycles. The molecule has 0 aliphatic heterocycles. The summed E-state index contributed by atoms with van der Waals surface area (Å²) in [6, 6.07) is 0. The molecule has 0 aromatic carbocycles. The van der Waals surface area contributed by atoms with E-state index in [1.54, 1.807) is 0 Å². The van der Waals surface area contributed by atoms with E-state index in [0.717, 1.165) is 0 Å². The van der Waals surface area contributed by atoms with Gasteiger partial charge in [-0.2, -0.15) is 0 Å². The van der Waals surface area contributed by atoms with E-state index in [0.29, 0.717) is 0 Å². The molecule has 0 aliphatic carbocycles. The van der Waals surface area contributed by atoms with E-state index in [2.05, 4.69) is 0 Å². The van der Waals surface area contributed by atoms with Crippen LogP contribution >= 0.6 is 0 Å². The zero-order valence-electron chi connectivity index (χ0n) is 1.90. The second-order valence-electron chi connectivity index (χ2n) is 0. The molecule has 0 aromatic heterocycles. The maximum Gasteiger partial charge on any atom is 1.00 e. The Morgan fingerprint density at radius 1 is 0.750 bits per heavy atom. The first-order valence-corrected chi connectivity index (χ1v) is 0. The van der Waals surface area contributed by atoms with E-state index < -0.39 is 0 Å². The summed E-state index contributed by atoms with van der Waals surface area (Å²) < 4.78 is 0. The Balaban J connectivity index is 0. The third-order valence-corrected chi connectivity index (χ3v) is 0. The van der Waals surface area contributed by atoms with Gasteiger partial charge < -0.3 is 7.43 Å². The molecule has 0 N–H and O–H groups in total. The second-order valence-corrected chi connectivity index (χ2v) is 0. The van der Waals surface area contributed by atoms with Crippen LogP contribution < -0.4 is 0 Å². The fourth-order valence-corrected chi connectivity index (χ4v) is 0. The molecular weight excluding hydrogens is 603 g/mol. The molecule has 0 unspecified atom stereocenters. The molecule has 0 fully saturated rings. The molecule has 2 radical (unpaired) electrons. The molecule has 0 heterocycles. The predicted octanol–water partition coefficient (Wildman–Crippen LogP) is 0.443. The first kappa shape index (κ1) is 34.4.